The van der Waals surface area contributed by atoms with E-state index in [4.69, 9.17) is 0 Å². The largest absolute Gasteiger partial charge is 0.293 e. The van der Waals surface area contributed by atoms with Crippen LogP contribution in [0.1, 0.15) is 15.9 Å². The Kier molecular flexibility index (Phi) is 4.29. The van der Waals surface area contributed by atoms with Gasteiger partial charge in [0.2, 0.25) is 0 Å². The van der Waals surface area contributed by atoms with Crippen molar-refractivity contribution in [3.05, 3.63) is 66.2 Å². The molecule has 2 aromatic heterocycles. The second-order valence-electron chi connectivity index (χ2n) is 4.77. The molecule has 0 aliphatic heterocycles. The summed E-state index contributed by atoms with van der Waals surface area (Å²) < 4.78 is 1.82. The van der Waals surface area contributed by atoms with E-state index >= 15 is 0 Å². The number of carbonyl (C=O) groups excluding carboxylic acids is 1. The zero-order valence-corrected chi connectivity index (χ0v) is 12.8. The Morgan fingerprint density at radius 2 is 2.05 bits per heavy atom. The maximum Gasteiger partial charge on any atom is 0.196 e. The van der Waals surface area contributed by atoms with E-state index in [1.807, 2.05) is 47.9 Å². The third-order valence-electron chi connectivity index (χ3n) is 3.15. The van der Waals surface area contributed by atoms with Gasteiger partial charge in [-0.2, -0.15) is 0 Å². The summed E-state index contributed by atoms with van der Waals surface area (Å²) in [6, 6.07) is 11.4. The quantitative estimate of drug-likeness (QED) is 0.535. The lowest BCUT2D eigenvalue weighted by molar-refractivity contribution is 0.102. The molecule has 3 aromatic rings. The van der Waals surface area contributed by atoms with Gasteiger partial charge in [0.05, 0.1) is 17.6 Å². The molecule has 6 heteroatoms. The van der Waals surface area contributed by atoms with Crippen LogP contribution in [0.5, 0.6) is 0 Å². The number of pyridine rings is 1. The van der Waals surface area contributed by atoms with Crippen LogP contribution in [0, 0.1) is 6.92 Å². The molecule has 0 fully saturated rings. The van der Waals surface area contributed by atoms with Gasteiger partial charge in [0.25, 0.3) is 0 Å². The summed E-state index contributed by atoms with van der Waals surface area (Å²) in [6.45, 7) is 2.00. The molecule has 0 saturated heterocycles. The minimum Gasteiger partial charge on any atom is -0.293 e. The first-order valence-corrected chi connectivity index (χ1v) is 7.76. The first-order valence-electron chi connectivity index (χ1n) is 6.77. The van der Waals surface area contributed by atoms with Crippen LogP contribution in [0.25, 0.3) is 5.69 Å². The molecule has 0 aliphatic rings. The highest BCUT2D eigenvalue weighted by molar-refractivity contribution is 7.99. The summed E-state index contributed by atoms with van der Waals surface area (Å²) >= 11 is 1.37. The molecule has 0 bridgehead atoms. The van der Waals surface area contributed by atoms with Gasteiger partial charge in [0, 0.05) is 11.8 Å². The zero-order valence-electron chi connectivity index (χ0n) is 12.0. The van der Waals surface area contributed by atoms with Crippen molar-refractivity contribution in [1.29, 1.82) is 0 Å². The highest BCUT2D eigenvalue weighted by atomic mass is 32.2. The smallest absolute Gasteiger partial charge is 0.196 e. The molecule has 0 atom stereocenters. The number of ketones is 1. The number of aryl methyl sites for hydroxylation is 1. The van der Waals surface area contributed by atoms with Gasteiger partial charge in [-0.05, 0) is 19.1 Å². The van der Waals surface area contributed by atoms with Crippen molar-refractivity contribution in [2.45, 2.75) is 12.1 Å². The number of thioether (sulfide) groups is 1. The van der Waals surface area contributed by atoms with Gasteiger partial charge in [-0.3, -0.25) is 14.3 Å². The van der Waals surface area contributed by atoms with Gasteiger partial charge in [-0.25, -0.2) is 0 Å². The van der Waals surface area contributed by atoms with Crippen LogP contribution in [0.2, 0.25) is 0 Å². The predicted molar refractivity (Wildman–Crippen MR) is 85.4 cm³/mol. The molecular formula is C16H14N4OS. The normalized spacial score (nSPS) is 10.6. The van der Waals surface area contributed by atoms with Crippen molar-refractivity contribution in [3.63, 3.8) is 0 Å². The molecule has 0 N–H and O–H groups in total. The van der Waals surface area contributed by atoms with Crippen molar-refractivity contribution in [1.82, 2.24) is 19.7 Å². The van der Waals surface area contributed by atoms with E-state index in [0.29, 0.717) is 16.5 Å². The second-order valence-corrected chi connectivity index (χ2v) is 5.72. The van der Waals surface area contributed by atoms with E-state index in [9.17, 15) is 4.79 Å². The summed E-state index contributed by atoms with van der Waals surface area (Å²) in [6.07, 6.45) is 5.06. The molecule has 110 valence electrons. The van der Waals surface area contributed by atoms with Crippen molar-refractivity contribution in [2.24, 2.45) is 0 Å². The number of hydrogen-bond acceptors (Lipinski definition) is 5. The van der Waals surface area contributed by atoms with Crippen LogP contribution < -0.4 is 0 Å². The Morgan fingerprint density at radius 3 is 2.77 bits per heavy atom. The van der Waals surface area contributed by atoms with Gasteiger partial charge in [-0.1, -0.05) is 41.6 Å². The van der Waals surface area contributed by atoms with Crippen LogP contribution in [0.15, 0.2) is 60.3 Å². The molecule has 0 saturated carbocycles. The molecule has 0 spiro atoms. The van der Waals surface area contributed by atoms with Crippen LogP contribution in [-0.4, -0.2) is 31.3 Å². The lowest BCUT2D eigenvalue weighted by Gasteiger charge is -2.05. The Labute approximate surface area is 132 Å². The van der Waals surface area contributed by atoms with Crippen LogP contribution in [0.3, 0.4) is 0 Å². The average molecular weight is 310 g/mol. The number of nitrogens with zero attached hydrogens (tertiary/aromatic N) is 4. The average Bonchev–Trinajstić information content (AvgIpc) is 3.02. The predicted octanol–water partition coefficient (Wildman–Crippen LogP) is 2.95. The minimum atomic E-state index is 0.0748. The molecule has 2 heterocycles. The molecule has 1 aromatic carbocycles. The van der Waals surface area contributed by atoms with Gasteiger partial charge in [-0.15, -0.1) is 10.2 Å². The van der Waals surface area contributed by atoms with Crippen LogP contribution in [-0.2, 0) is 0 Å². The monoisotopic (exact) mass is 310 g/mol. The van der Waals surface area contributed by atoms with E-state index in [2.05, 4.69) is 15.2 Å². The zero-order chi connectivity index (χ0) is 15.4. The highest BCUT2D eigenvalue weighted by Gasteiger charge is 2.11. The van der Waals surface area contributed by atoms with Gasteiger partial charge >= 0.3 is 0 Å². The number of rotatable bonds is 5. The SMILES string of the molecule is Cc1ccc(C(=O)CSc2nncn2-c2cccnc2)cc1. The molecule has 5 nitrogen and oxygen atoms in total. The van der Waals surface area contributed by atoms with E-state index in [0.717, 1.165) is 11.3 Å². The van der Waals surface area contributed by atoms with Gasteiger partial charge < -0.3 is 0 Å². The summed E-state index contributed by atoms with van der Waals surface area (Å²) in [5.41, 5.74) is 2.73. The number of Topliss-reactive ketones (excluding diaryl/α,β-unsaturated/α-hetero) is 1. The number of aromatic nitrogens is 4. The third-order valence-corrected chi connectivity index (χ3v) is 4.09. The molecule has 0 radical (unpaired) electrons. The molecule has 22 heavy (non-hydrogen) atoms. The fourth-order valence-corrected chi connectivity index (χ4v) is 2.77. The summed E-state index contributed by atoms with van der Waals surface area (Å²) in [4.78, 5) is 16.3. The maximum absolute atomic E-state index is 12.2. The molecule has 0 unspecified atom stereocenters. The fraction of sp³-hybridized carbons (Fsp3) is 0.125. The number of benzene rings is 1. The topological polar surface area (TPSA) is 60.7 Å². The summed E-state index contributed by atoms with van der Waals surface area (Å²) in [5, 5.41) is 8.66. The van der Waals surface area contributed by atoms with E-state index < -0.39 is 0 Å². The summed E-state index contributed by atoms with van der Waals surface area (Å²) in [5.74, 6) is 0.396. The van der Waals surface area contributed by atoms with Crippen molar-refractivity contribution >= 4 is 17.5 Å². The lowest BCUT2D eigenvalue weighted by Crippen LogP contribution is -2.04. The van der Waals surface area contributed by atoms with Crippen LogP contribution >= 0.6 is 11.8 Å². The van der Waals surface area contributed by atoms with E-state index in [1.165, 1.54) is 11.8 Å². The Balaban J connectivity index is 1.71. The molecular weight excluding hydrogens is 296 g/mol. The Bertz CT molecular complexity index is 768. The molecule has 3 rings (SSSR count). The molecule has 0 aliphatic carbocycles. The third kappa shape index (κ3) is 3.23. The van der Waals surface area contributed by atoms with E-state index in [-0.39, 0.29) is 5.78 Å². The number of hydrogen-bond donors (Lipinski definition) is 0. The highest BCUT2D eigenvalue weighted by Crippen LogP contribution is 2.20. The minimum absolute atomic E-state index is 0.0748. The standard InChI is InChI=1S/C16H14N4OS/c1-12-4-6-13(7-5-12)15(21)10-22-16-19-18-11-20(16)14-3-2-8-17-9-14/h2-9,11H,10H2,1H3. The van der Waals surface area contributed by atoms with Gasteiger partial charge in [0.15, 0.2) is 10.9 Å². The fourth-order valence-electron chi connectivity index (χ4n) is 1.95. The number of carbonyl (C=O) groups is 1. The van der Waals surface area contributed by atoms with Gasteiger partial charge in [0.1, 0.15) is 6.33 Å². The van der Waals surface area contributed by atoms with Crippen LogP contribution in [0.4, 0.5) is 0 Å². The Hall–Kier alpha value is -2.47. The Morgan fingerprint density at radius 1 is 1.23 bits per heavy atom. The first-order chi connectivity index (χ1) is 10.7. The summed E-state index contributed by atoms with van der Waals surface area (Å²) in [7, 11) is 0. The maximum atomic E-state index is 12.2. The van der Waals surface area contributed by atoms with Crippen molar-refractivity contribution < 1.29 is 4.79 Å². The lowest BCUT2D eigenvalue weighted by atomic mass is 10.1. The molecule has 0 amide bonds. The van der Waals surface area contributed by atoms with Crippen molar-refractivity contribution in [3.8, 4) is 5.69 Å². The second kappa shape index (κ2) is 6.53. The first kappa shape index (κ1) is 14.5. The van der Waals surface area contributed by atoms with E-state index in [1.54, 1.807) is 18.7 Å². The van der Waals surface area contributed by atoms with Crippen molar-refractivity contribution in [2.75, 3.05) is 5.75 Å².